The summed E-state index contributed by atoms with van der Waals surface area (Å²) in [6, 6.07) is 0. The van der Waals surface area contributed by atoms with Crippen LogP contribution in [0.5, 0.6) is 0 Å². The summed E-state index contributed by atoms with van der Waals surface area (Å²) in [6.45, 7) is 6.30. The van der Waals surface area contributed by atoms with Gasteiger partial charge in [-0.3, -0.25) is 14.1 Å². The Hall–Kier alpha value is -0.320. The number of carbonyl (C=O) groups excluding carboxylic acids is 1. The third-order valence-corrected chi connectivity index (χ3v) is 2.47. The number of ether oxygens (including phenoxy) is 1. The fourth-order valence-electron chi connectivity index (χ4n) is 1.21. The second-order valence-corrected chi connectivity index (χ2v) is 3.47. The first kappa shape index (κ1) is 10.8. The van der Waals surface area contributed by atoms with Gasteiger partial charge >= 0.3 is 0 Å². The van der Waals surface area contributed by atoms with Gasteiger partial charge in [-0.25, -0.2) is 0 Å². The molecule has 0 bridgehead atoms. The van der Waals surface area contributed by atoms with Crippen LogP contribution in [-0.4, -0.2) is 54.6 Å². The highest BCUT2D eigenvalue weighted by molar-refractivity contribution is 6.20. The molecule has 1 aliphatic rings. The number of hydrogen-bond donors (Lipinski definition) is 0. The van der Waals surface area contributed by atoms with E-state index < -0.39 is 0 Å². The molecule has 1 fully saturated rings. The highest BCUT2D eigenvalue weighted by Gasteiger charge is 2.12. The van der Waals surface area contributed by atoms with Crippen molar-refractivity contribution in [3.05, 3.63) is 0 Å². The lowest BCUT2D eigenvalue weighted by atomic mass is 10.4. The fraction of sp³-hybridized carbons (Fsp3) is 0.875. The molecule has 0 aliphatic carbocycles. The third kappa shape index (κ3) is 3.93. The minimum atomic E-state index is -0.102. The quantitative estimate of drug-likeness (QED) is 0.624. The van der Waals surface area contributed by atoms with Crippen molar-refractivity contribution in [2.24, 2.45) is 0 Å². The minimum absolute atomic E-state index is 0.102. The highest BCUT2D eigenvalue weighted by Crippen LogP contribution is 1.99. The van der Waals surface area contributed by atoms with Crippen molar-refractivity contribution in [1.82, 2.24) is 9.32 Å². The largest absolute Gasteiger partial charge is 0.379 e. The predicted molar refractivity (Wildman–Crippen MR) is 50.5 cm³/mol. The molecule has 1 heterocycles. The summed E-state index contributed by atoms with van der Waals surface area (Å²) >= 11 is 5.66. The summed E-state index contributed by atoms with van der Waals surface area (Å²) in [4.78, 5) is 13.0. The first-order valence-corrected chi connectivity index (χ1v) is 4.78. The summed E-state index contributed by atoms with van der Waals surface area (Å²) in [6.07, 6.45) is 0. The number of hydrogen-bond acceptors (Lipinski definition) is 3. The third-order valence-electron chi connectivity index (χ3n) is 2.06. The van der Waals surface area contributed by atoms with Gasteiger partial charge in [-0.15, -0.1) is 0 Å². The summed E-state index contributed by atoms with van der Waals surface area (Å²) in [7, 11) is 0. The van der Waals surface area contributed by atoms with Crippen molar-refractivity contribution < 1.29 is 9.53 Å². The second-order valence-electron chi connectivity index (χ2n) is 3.06. The van der Waals surface area contributed by atoms with Gasteiger partial charge in [-0.1, -0.05) is 0 Å². The monoisotopic (exact) mass is 206 g/mol. The summed E-state index contributed by atoms with van der Waals surface area (Å²) in [5.74, 6) is -0.102. The molecule has 5 heteroatoms. The topological polar surface area (TPSA) is 32.8 Å². The van der Waals surface area contributed by atoms with E-state index in [0.29, 0.717) is 6.54 Å². The lowest BCUT2D eigenvalue weighted by Gasteiger charge is -2.27. The van der Waals surface area contributed by atoms with Crippen LogP contribution in [0.2, 0.25) is 0 Å². The van der Waals surface area contributed by atoms with Gasteiger partial charge in [0, 0.05) is 38.3 Å². The Labute approximate surface area is 83.5 Å². The number of rotatable bonds is 3. The maximum Gasteiger partial charge on any atom is 0.233 e. The molecule has 0 radical (unpaired) electrons. The SMILES string of the molecule is CC(=O)N(Cl)CCN1CCOCC1. The van der Waals surface area contributed by atoms with Gasteiger partial charge in [0.15, 0.2) is 0 Å². The predicted octanol–water partition coefficient (Wildman–Crippen LogP) is 0.321. The first-order valence-electron chi connectivity index (χ1n) is 4.44. The van der Waals surface area contributed by atoms with Crippen LogP contribution in [0.1, 0.15) is 6.92 Å². The molecule has 1 amide bonds. The lowest BCUT2D eigenvalue weighted by Crippen LogP contribution is -2.40. The zero-order chi connectivity index (χ0) is 9.68. The van der Waals surface area contributed by atoms with E-state index in [0.717, 1.165) is 32.8 Å². The Bertz CT molecular complexity index is 172. The molecule has 0 aromatic rings. The Morgan fingerprint density at radius 3 is 2.69 bits per heavy atom. The van der Waals surface area contributed by atoms with Gasteiger partial charge in [-0.2, -0.15) is 0 Å². The highest BCUT2D eigenvalue weighted by atomic mass is 35.5. The van der Waals surface area contributed by atoms with E-state index in [1.165, 1.54) is 11.3 Å². The molecule has 0 saturated carbocycles. The Morgan fingerprint density at radius 1 is 1.54 bits per heavy atom. The molecule has 1 aliphatic heterocycles. The first-order chi connectivity index (χ1) is 6.20. The van der Waals surface area contributed by atoms with Crippen LogP contribution in [0.15, 0.2) is 0 Å². The summed E-state index contributed by atoms with van der Waals surface area (Å²) in [5.41, 5.74) is 0. The molecule has 0 aromatic heterocycles. The molecule has 4 nitrogen and oxygen atoms in total. The Balaban J connectivity index is 2.13. The molecule has 0 unspecified atom stereocenters. The van der Waals surface area contributed by atoms with Crippen LogP contribution >= 0.6 is 11.8 Å². The van der Waals surface area contributed by atoms with Crippen LogP contribution < -0.4 is 0 Å². The van der Waals surface area contributed by atoms with Crippen LogP contribution in [-0.2, 0) is 9.53 Å². The lowest BCUT2D eigenvalue weighted by molar-refractivity contribution is -0.124. The maximum absolute atomic E-state index is 10.8. The van der Waals surface area contributed by atoms with E-state index in [4.69, 9.17) is 16.5 Å². The molecule has 76 valence electrons. The van der Waals surface area contributed by atoms with Crippen molar-refractivity contribution in [2.45, 2.75) is 6.92 Å². The number of carbonyl (C=O) groups is 1. The molecule has 0 aromatic carbocycles. The van der Waals surface area contributed by atoms with Crippen molar-refractivity contribution in [3.8, 4) is 0 Å². The normalized spacial score (nSPS) is 18.6. The zero-order valence-corrected chi connectivity index (χ0v) is 8.59. The number of amides is 1. The Morgan fingerprint density at radius 2 is 2.15 bits per heavy atom. The van der Waals surface area contributed by atoms with Crippen LogP contribution in [0.4, 0.5) is 0 Å². The van der Waals surface area contributed by atoms with Crippen LogP contribution in [0.25, 0.3) is 0 Å². The maximum atomic E-state index is 10.8. The van der Waals surface area contributed by atoms with Crippen LogP contribution in [0.3, 0.4) is 0 Å². The van der Waals surface area contributed by atoms with E-state index in [9.17, 15) is 4.79 Å². The zero-order valence-electron chi connectivity index (χ0n) is 7.83. The number of nitrogens with zero attached hydrogens (tertiary/aromatic N) is 2. The smallest absolute Gasteiger partial charge is 0.233 e. The van der Waals surface area contributed by atoms with Gasteiger partial charge in [0.2, 0.25) is 5.91 Å². The van der Waals surface area contributed by atoms with E-state index in [-0.39, 0.29) is 5.91 Å². The standard InChI is InChI=1S/C8H15ClN2O2/c1-8(12)11(9)3-2-10-4-6-13-7-5-10/h2-7H2,1H3. The average Bonchev–Trinajstić information content (AvgIpc) is 2.15. The van der Waals surface area contributed by atoms with Gasteiger partial charge in [0.05, 0.1) is 19.8 Å². The van der Waals surface area contributed by atoms with Gasteiger partial charge < -0.3 is 4.74 Å². The molecule has 0 atom stereocenters. The van der Waals surface area contributed by atoms with Gasteiger partial charge in [0.25, 0.3) is 0 Å². The van der Waals surface area contributed by atoms with Gasteiger partial charge in [-0.05, 0) is 0 Å². The summed E-state index contributed by atoms with van der Waals surface area (Å²) < 4.78 is 6.42. The summed E-state index contributed by atoms with van der Waals surface area (Å²) in [5, 5.41) is 0. The van der Waals surface area contributed by atoms with Crippen molar-refractivity contribution in [3.63, 3.8) is 0 Å². The van der Waals surface area contributed by atoms with E-state index >= 15 is 0 Å². The molecule has 1 saturated heterocycles. The Kier molecular flexibility index (Phi) is 4.48. The van der Waals surface area contributed by atoms with E-state index in [1.807, 2.05) is 0 Å². The van der Waals surface area contributed by atoms with Crippen molar-refractivity contribution in [2.75, 3.05) is 39.4 Å². The van der Waals surface area contributed by atoms with E-state index in [1.54, 1.807) is 0 Å². The number of morpholine rings is 1. The van der Waals surface area contributed by atoms with Crippen molar-refractivity contribution >= 4 is 17.7 Å². The molecular formula is C8H15ClN2O2. The molecule has 13 heavy (non-hydrogen) atoms. The second kappa shape index (κ2) is 5.42. The van der Waals surface area contributed by atoms with Crippen molar-refractivity contribution in [1.29, 1.82) is 0 Å². The minimum Gasteiger partial charge on any atom is -0.379 e. The van der Waals surface area contributed by atoms with E-state index in [2.05, 4.69) is 4.90 Å². The molecule has 1 rings (SSSR count). The molecular weight excluding hydrogens is 192 g/mol. The molecule has 0 spiro atoms. The molecule has 0 N–H and O–H groups in total. The van der Waals surface area contributed by atoms with Gasteiger partial charge in [0.1, 0.15) is 0 Å². The van der Waals surface area contributed by atoms with Crippen LogP contribution in [0, 0.1) is 0 Å². The average molecular weight is 207 g/mol. The fourth-order valence-corrected chi connectivity index (χ4v) is 1.29. The number of halogens is 1.